The van der Waals surface area contributed by atoms with E-state index in [4.69, 9.17) is 5.73 Å². The Kier molecular flexibility index (Phi) is 8.11. The van der Waals surface area contributed by atoms with E-state index in [1.54, 1.807) is 0 Å². The molecule has 1 heterocycles. The molecule has 0 spiro atoms. The maximum atomic E-state index is 11.5. The number of guanidine groups is 1. The molecule has 0 bridgehead atoms. The highest BCUT2D eigenvalue weighted by Crippen LogP contribution is 2.20. The number of halogens is 1. The first kappa shape index (κ1) is 17.9. The summed E-state index contributed by atoms with van der Waals surface area (Å²) in [7, 11) is -3.11. The maximum Gasteiger partial charge on any atom is 0.211 e. The smallest absolute Gasteiger partial charge is 0.211 e. The Labute approximate surface area is 126 Å². The second kappa shape index (κ2) is 8.16. The third kappa shape index (κ3) is 5.70. The topological polar surface area (TPSA) is 87.8 Å². The minimum absolute atomic E-state index is 0. The summed E-state index contributed by atoms with van der Waals surface area (Å²) in [5, 5.41) is 2.97. The van der Waals surface area contributed by atoms with Crippen molar-refractivity contribution in [2.45, 2.75) is 32.2 Å². The quantitative estimate of drug-likeness (QED) is 0.403. The molecule has 0 amide bonds. The molecular weight excluding hydrogens is 367 g/mol. The van der Waals surface area contributed by atoms with Crippen LogP contribution >= 0.6 is 24.0 Å². The summed E-state index contributed by atoms with van der Waals surface area (Å²) in [5.41, 5.74) is 5.66. The van der Waals surface area contributed by atoms with Crippen LogP contribution in [0.4, 0.5) is 0 Å². The largest absolute Gasteiger partial charge is 0.370 e. The third-order valence-corrected chi connectivity index (χ3v) is 4.11. The van der Waals surface area contributed by atoms with Crippen LogP contribution in [0.25, 0.3) is 0 Å². The lowest BCUT2D eigenvalue weighted by Crippen LogP contribution is -2.38. The van der Waals surface area contributed by atoms with Crippen molar-refractivity contribution in [3.8, 4) is 0 Å². The molecule has 8 heteroatoms. The molecule has 0 unspecified atom stereocenters. The highest BCUT2D eigenvalue weighted by Gasteiger charge is 2.30. The molecule has 0 aromatic carbocycles. The fourth-order valence-corrected chi connectivity index (χ4v) is 3.12. The SMILES string of the molecule is CCCNC(N)=NC[C@H]1CCCN1S(C)(=O)=O.I. The number of nitrogens with zero attached hydrogens (tertiary/aromatic N) is 2. The standard InChI is InChI=1S/C10H22N4O2S.HI/c1-3-6-12-10(11)13-8-9-5-4-7-14(9)17(2,15)16;/h9H,3-8H2,1-2H3,(H3,11,12,13);1H/t9-;/m1./s1. The first-order valence-electron chi connectivity index (χ1n) is 5.95. The van der Waals surface area contributed by atoms with Crippen molar-refractivity contribution in [3.05, 3.63) is 0 Å². The van der Waals surface area contributed by atoms with Crippen LogP contribution in [0.2, 0.25) is 0 Å². The van der Waals surface area contributed by atoms with E-state index in [0.717, 1.165) is 25.8 Å². The van der Waals surface area contributed by atoms with Gasteiger partial charge in [0.2, 0.25) is 10.0 Å². The van der Waals surface area contributed by atoms with Crippen LogP contribution in [-0.4, -0.2) is 50.6 Å². The van der Waals surface area contributed by atoms with Gasteiger partial charge < -0.3 is 11.1 Å². The number of nitrogens with one attached hydrogen (secondary N) is 1. The van der Waals surface area contributed by atoms with Crippen molar-refractivity contribution in [3.63, 3.8) is 0 Å². The number of rotatable bonds is 5. The van der Waals surface area contributed by atoms with E-state index in [-0.39, 0.29) is 30.0 Å². The predicted octanol–water partition coefficient (Wildman–Crippen LogP) is 0.343. The van der Waals surface area contributed by atoms with Gasteiger partial charge in [-0.1, -0.05) is 6.92 Å². The van der Waals surface area contributed by atoms with E-state index >= 15 is 0 Å². The summed E-state index contributed by atoms with van der Waals surface area (Å²) >= 11 is 0. The summed E-state index contributed by atoms with van der Waals surface area (Å²) in [4.78, 5) is 4.18. The van der Waals surface area contributed by atoms with E-state index in [9.17, 15) is 8.42 Å². The summed E-state index contributed by atoms with van der Waals surface area (Å²) < 4.78 is 24.5. The molecule has 1 fully saturated rings. The molecule has 1 rings (SSSR count). The van der Waals surface area contributed by atoms with E-state index in [2.05, 4.69) is 10.3 Å². The molecule has 18 heavy (non-hydrogen) atoms. The molecule has 1 aliphatic rings. The van der Waals surface area contributed by atoms with Gasteiger partial charge in [0, 0.05) is 19.1 Å². The van der Waals surface area contributed by atoms with Crippen LogP contribution in [0.15, 0.2) is 4.99 Å². The lowest BCUT2D eigenvalue weighted by atomic mass is 10.2. The highest BCUT2D eigenvalue weighted by molar-refractivity contribution is 14.0. The molecule has 0 radical (unpaired) electrons. The first-order chi connectivity index (χ1) is 7.95. The molecule has 1 atom stereocenters. The van der Waals surface area contributed by atoms with E-state index in [1.165, 1.54) is 10.6 Å². The normalized spacial score (nSPS) is 21.7. The van der Waals surface area contributed by atoms with E-state index < -0.39 is 10.0 Å². The summed E-state index contributed by atoms with van der Waals surface area (Å²) in [6, 6.07) is -0.0352. The fourth-order valence-electron chi connectivity index (χ4n) is 1.94. The first-order valence-corrected chi connectivity index (χ1v) is 7.80. The van der Waals surface area contributed by atoms with Crippen molar-refractivity contribution in [1.82, 2.24) is 9.62 Å². The monoisotopic (exact) mass is 390 g/mol. The Morgan fingerprint density at radius 1 is 1.56 bits per heavy atom. The minimum Gasteiger partial charge on any atom is -0.370 e. The van der Waals surface area contributed by atoms with Gasteiger partial charge in [0.1, 0.15) is 0 Å². The molecule has 6 nitrogen and oxygen atoms in total. The van der Waals surface area contributed by atoms with Crippen LogP contribution in [0.3, 0.4) is 0 Å². The fraction of sp³-hybridized carbons (Fsp3) is 0.900. The van der Waals surface area contributed by atoms with Crippen molar-refractivity contribution >= 4 is 40.0 Å². The maximum absolute atomic E-state index is 11.5. The highest BCUT2D eigenvalue weighted by atomic mass is 127. The Balaban J connectivity index is 0.00000289. The van der Waals surface area contributed by atoms with Crippen LogP contribution in [0.1, 0.15) is 26.2 Å². The molecule has 108 valence electrons. The summed E-state index contributed by atoms with van der Waals surface area (Å²) in [6.07, 6.45) is 3.98. The van der Waals surface area contributed by atoms with Gasteiger partial charge in [-0.25, -0.2) is 8.42 Å². The zero-order chi connectivity index (χ0) is 12.9. The molecule has 0 saturated carbocycles. The van der Waals surface area contributed by atoms with Crippen LogP contribution < -0.4 is 11.1 Å². The molecule has 1 saturated heterocycles. The average Bonchev–Trinajstić information content (AvgIpc) is 2.71. The number of hydrogen-bond acceptors (Lipinski definition) is 3. The third-order valence-electron chi connectivity index (χ3n) is 2.78. The zero-order valence-corrected chi connectivity index (χ0v) is 14.1. The lowest BCUT2D eigenvalue weighted by Gasteiger charge is -2.20. The van der Waals surface area contributed by atoms with Gasteiger partial charge in [0.15, 0.2) is 5.96 Å². The Hall–Kier alpha value is -0.0900. The zero-order valence-electron chi connectivity index (χ0n) is 10.9. The van der Waals surface area contributed by atoms with Gasteiger partial charge in [0.25, 0.3) is 0 Å². The summed E-state index contributed by atoms with van der Waals surface area (Å²) in [5.74, 6) is 0.396. The van der Waals surface area contributed by atoms with Crippen molar-refractivity contribution in [2.24, 2.45) is 10.7 Å². The summed E-state index contributed by atoms with van der Waals surface area (Å²) in [6.45, 7) is 3.87. The van der Waals surface area contributed by atoms with Gasteiger partial charge in [-0.15, -0.1) is 24.0 Å². The van der Waals surface area contributed by atoms with Crippen LogP contribution in [0, 0.1) is 0 Å². The molecule has 3 N–H and O–H groups in total. The Bertz CT molecular complexity index is 372. The Morgan fingerprint density at radius 2 is 2.22 bits per heavy atom. The molecule has 1 aliphatic heterocycles. The Morgan fingerprint density at radius 3 is 2.78 bits per heavy atom. The van der Waals surface area contributed by atoms with Gasteiger partial charge >= 0.3 is 0 Å². The average molecular weight is 390 g/mol. The molecular formula is C10H23IN4O2S. The van der Waals surface area contributed by atoms with E-state index in [0.29, 0.717) is 19.0 Å². The van der Waals surface area contributed by atoms with Crippen molar-refractivity contribution in [2.75, 3.05) is 25.9 Å². The van der Waals surface area contributed by atoms with Crippen molar-refractivity contribution < 1.29 is 8.42 Å². The van der Waals surface area contributed by atoms with Gasteiger partial charge in [-0.3, -0.25) is 4.99 Å². The van der Waals surface area contributed by atoms with Gasteiger partial charge in [0.05, 0.1) is 12.8 Å². The van der Waals surface area contributed by atoms with Crippen LogP contribution in [-0.2, 0) is 10.0 Å². The van der Waals surface area contributed by atoms with E-state index in [1.807, 2.05) is 6.92 Å². The molecule has 0 aromatic rings. The number of hydrogen-bond donors (Lipinski definition) is 2. The predicted molar refractivity (Wildman–Crippen MR) is 84.8 cm³/mol. The number of aliphatic imine (C=N–C) groups is 1. The van der Waals surface area contributed by atoms with Gasteiger partial charge in [-0.2, -0.15) is 4.31 Å². The lowest BCUT2D eigenvalue weighted by molar-refractivity contribution is 0.397. The second-order valence-electron chi connectivity index (χ2n) is 4.32. The second-order valence-corrected chi connectivity index (χ2v) is 6.26. The number of sulfonamides is 1. The number of nitrogens with two attached hydrogens (primary N) is 1. The van der Waals surface area contributed by atoms with Crippen molar-refractivity contribution in [1.29, 1.82) is 0 Å². The van der Waals surface area contributed by atoms with Gasteiger partial charge in [-0.05, 0) is 19.3 Å². The minimum atomic E-state index is -3.11. The van der Waals surface area contributed by atoms with Crippen LogP contribution in [0.5, 0.6) is 0 Å². The molecule has 0 aromatic heterocycles. The molecule has 0 aliphatic carbocycles.